The lowest BCUT2D eigenvalue weighted by atomic mass is 10.1. The topological polar surface area (TPSA) is 73.0 Å². The maximum Gasteiger partial charge on any atom is 0.222 e. The number of nitrogens with one attached hydrogen (secondary N) is 1. The number of rotatable bonds is 66. The van der Waals surface area contributed by atoms with Crippen LogP contribution in [-0.2, 0) is 14.4 Å². The van der Waals surface area contributed by atoms with Crippen LogP contribution in [0.15, 0.2) is 0 Å². The van der Waals surface area contributed by atoms with Gasteiger partial charge in [-0.2, -0.15) is 0 Å². The molecule has 78 heavy (non-hydrogen) atoms. The van der Waals surface area contributed by atoms with Crippen LogP contribution in [0.5, 0.6) is 0 Å². The van der Waals surface area contributed by atoms with E-state index in [1.807, 2.05) is 0 Å². The van der Waals surface area contributed by atoms with Gasteiger partial charge >= 0.3 is 0 Å². The Morgan fingerprint density at radius 3 is 0.718 bits per heavy atom. The van der Waals surface area contributed by atoms with E-state index in [2.05, 4.69) is 54.6 Å². The van der Waals surface area contributed by atoms with E-state index in [-0.39, 0.29) is 5.91 Å². The first-order valence-corrected chi connectivity index (χ1v) is 36.0. The summed E-state index contributed by atoms with van der Waals surface area (Å²) < 4.78 is 0. The van der Waals surface area contributed by atoms with Crippen molar-refractivity contribution in [2.75, 3.05) is 52.4 Å². The second-order valence-corrected chi connectivity index (χ2v) is 24.8. The molecule has 0 heterocycles. The van der Waals surface area contributed by atoms with Crippen LogP contribution in [0.4, 0.5) is 0 Å². The molecular weight excluding hydrogens is 957 g/mol. The average Bonchev–Trinajstić information content (AvgIpc) is 3.44. The summed E-state index contributed by atoms with van der Waals surface area (Å²) in [7, 11) is 0. The molecule has 3 amide bonds. The Bertz CT molecular complexity index is 1100. The highest BCUT2D eigenvalue weighted by atomic mass is 16.2. The van der Waals surface area contributed by atoms with Crippen LogP contribution in [0.25, 0.3) is 0 Å². The Morgan fingerprint density at radius 2 is 0.436 bits per heavy atom. The second-order valence-electron chi connectivity index (χ2n) is 24.8. The van der Waals surface area contributed by atoms with Gasteiger partial charge in [-0.1, -0.05) is 298 Å². The first kappa shape index (κ1) is 76.4. The number of carbonyl (C=O) groups is 3. The summed E-state index contributed by atoms with van der Waals surface area (Å²) in [5.41, 5.74) is 0. The van der Waals surface area contributed by atoms with Crippen molar-refractivity contribution >= 4 is 17.7 Å². The summed E-state index contributed by atoms with van der Waals surface area (Å²) in [4.78, 5) is 47.0. The van der Waals surface area contributed by atoms with E-state index >= 15 is 0 Å². The number of hydrogen-bond acceptors (Lipinski definition) is 4. The molecule has 464 valence electrons. The molecule has 0 bridgehead atoms. The third-order valence-corrected chi connectivity index (χ3v) is 17.0. The lowest BCUT2D eigenvalue weighted by molar-refractivity contribution is -0.132. The quantitative estimate of drug-likeness (QED) is 0.0616. The number of hydrogen-bond donors (Lipinski definition) is 1. The first-order chi connectivity index (χ1) is 38.4. The lowest BCUT2D eigenvalue weighted by Crippen LogP contribution is -2.32. The molecule has 7 heteroatoms. The molecule has 1 N–H and O–H groups in total. The molecule has 0 aromatic rings. The SMILES string of the molecule is CCCCCCCCCCNC(=O)CCCCN(CCCCCCCC(=O)N(CCCCCCCCCC)CCCCCCCCCC)CCCCCCCC(=O)N(CCCCCCCCCC)CCCCCCCCCC. The minimum Gasteiger partial charge on any atom is -0.356 e. The minimum atomic E-state index is 0.232. The molecule has 0 atom stereocenters. The largest absolute Gasteiger partial charge is 0.356 e. The van der Waals surface area contributed by atoms with Crippen LogP contribution >= 0.6 is 0 Å². The fraction of sp³-hybridized carbons (Fsp3) is 0.958. The third kappa shape index (κ3) is 56.2. The molecule has 0 saturated carbocycles. The Balaban J connectivity index is 5.01. The van der Waals surface area contributed by atoms with E-state index in [0.29, 0.717) is 18.2 Å². The zero-order valence-electron chi connectivity index (χ0n) is 54.1. The van der Waals surface area contributed by atoms with Crippen molar-refractivity contribution in [3.05, 3.63) is 0 Å². The van der Waals surface area contributed by atoms with Gasteiger partial charge in [-0.15, -0.1) is 0 Å². The maximum atomic E-state index is 13.6. The normalized spacial score (nSPS) is 11.6. The molecule has 0 radical (unpaired) electrons. The Labute approximate surface area is 490 Å². The molecule has 7 nitrogen and oxygen atoms in total. The number of nitrogens with zero attached hydrogens (tertiary/aromatic N) is 3. The fourth-order valence-electron chi connectivity index (χ4n) is 11.6. The predicted octanol–water partition coefficient (Wildman–Crippen LogP) is 21.6. The molecule has 0 aromatic heterocycles. The highest BCUT2D eigenvalue weighted by Crippen LogP contribution is 2.18. The molecule has 0 aliphatic rings. The summed E-state index contributed by atoms with van der Waals surface area (Å²) in [6.45, 7) is 19.5. The van der Waals surface area contributed by atoms with Crippen LogP contribution in [0.2, 0.25) is 0 Å². The molecule has 0 fully saturated rings. The smallest absolute Gasteiger partial charge is 0.222 e. The van der Waals surface area contributed by atoms with Crippen LogP contribution in [-0.4, -0.2) is 84.8 Å². The van der Waals surface area contributed by atoms with Gasteiger partial charge in [-0.25, -0.2) is 0 Å². The maximum absolute atomic E-state index is 13.6. The molecular formula is C71H142N4O3. The van der Waals surface area contributed by atoms with E-state index in [0.717, 1.165) is 110 Å². The minimum absolute atomic E-state index is 0.232. The zero-order valence-corrected chi connectivity index (χ0v) is 54.1. The molecule has 0 aromatic carbocycles. The van der Waals surface area contributed by atoms with Crippen LogP contribution < -0.4 is 5.32 Å². The van der Waals surface area contributed by atoms with Crippen molar-refractivity contribution in [3.8, 4) is 0 Å². The van der Waals surface area contributed by atoms with Crippen molar-refractivity contribution < 1.29 is 14.4 Å². The van der Waals surface area contributed by atoms with Crippen molar-refractivity contribution in [2.24, 2.45) is 0 Å². The number of carbonyl (C=O) groups excluding carboxylic acids is 3. The average molecular weight is 1100 g/mol. The Morgan fingerprint density at radius 1 is 0.231 bits per heavy atom. The summed E-state index contributed by atoms with van der Waals surface area (Å²) in [5, 5.41) is 3.21. The molecule has 0 saturated heterocycles. The first-order valence-electron chi connectivity index (χ1n) is 36.0. The fourth-order valence-corrected chi connectivity index (χ4v) is 11.6. The zero-order chi connectivity index (χ0) is 56.7. The van der Waals surface area contributed by atoms with E-state index in [4.69, 9.17) is 0 Å². The molecule has 0 spiro atoms. The second kappa shape index (κ2) is 64.5. The van der Waals surface area contributed by atoms with E-state index in [1.165, 1.54) is 289 Å². The summed E-state index contributed by atoms with van der Waals surface area (Å²) in [5.74, 6) is 1.05. The van der Waals surface area contributed by atoms with Gasteiger partial charge in [0.25, 0.3) is 0 Å². The summed E-state index contributed by atoms with van der Waals surface area (Å²) in [6, 6.07) is 0. The van der Waals surface area contributed by atoms with Gasteiger partial charge in [0.05, 0.1) is 0 Å². The van der Waals surface area contributed by atoms with Gasteiger partial charge in [0.2, 0.25) is 17.7 Å². The summed E-state index contributed by atoms with van der Waals surface area (Å²) >= 11 is 0. The van der Waals surface area contributed by atoms with Crippen molar-refractivity contribution in [1.82, 2.24) is 20.0 Å². The van der Waals surface area contributed by atoms with Gasteiger partial charge in [0, 0.05) is 52.0 Å². The number of amides is 3. The van der Waals surface area contributed by atoms with Crippen LogP contribution in [0, 0.1) is 0 Å². The van der Waals surface area contributed by atoms with Crippen molar-refractivity contribution in [3.63, 3.8) is 0 Å². The third-order valence-electron chi connectivity index (χ3n) is 17.0. The van der Waals surface area contributed by atoms with E-state index < -0.39 is 0 Å². The molecule has 0 aliphatic heterocycles. The number of unbranched alkanes of at least 4 members (excludes halogenated alkanes) is 44. The van der Waals surface area contributed by atoms with Crippen molar-refractivity contribution in [1.29, 1.82) is 0 Å². The van der Waals surface area contributed by atoms with Crippen molar-refractivity contribution in [2.45, 2.75) is 388 Å². The van der Waals surface area contributed by atoms with Crippen LogP contribution in [0.1, 0.15) is 388 Å². The predicted molar refractivity (Wildman–Crippen MR) is 345 cm³/mol. The van der Waals surface area contributed by atoms with Gasteiger partial charge in [-0.05, 0) is 90.3 Å². The van der Waals surface area contributed by atoms with Gasteiger partial charge in [0.1, 0.15) is 0 Å². The highest BCUT2D eigenvalue weighted by Gasteiger charge is 2.15. The molecule has 0 rings (SSSR count). The van der Waals surface area contributed by atoms with Gasteiger partial charge in [0.15, 0.2) is 0 Å². The Hall–Kier alpha value is -1.63. The summed E-state index contributed by atoms with van der Waals surface area (Å²) in [6.07, 6.45) is 68.2. The van der Waals surface area contributed by atoms with E-state index in [9.17, 15) is 14.4 Å². The Kier molecular flexibility index (Phi) is 63.2. The highest BCUT2D eigenvalue weighted by molar-refractivity contribution is 5.76. The molecule has 0 aliphatic carbocycles. The van der Waals surface area contributed by atoms with E-state index in [1.54, 1.807) is 0 Å². The molecule has 0 unspecified atom stereocenters. The van der Waals surface area contributed by atoms with Crippen LogP contribution in [0.3, 0.4) is 0 Å². The standard InChI is InChI=1S/C71H142N4O3/c1-6-11-16-21-26-31-40-50-61-72-69(76)58-49-57-64-73(62-51-41-36-38-47-59-70(77)74(65-53-43-32-27-22-17-12-7-2)66-54-44-33-28-23-18-13-8-3)63-52-42-37-39-48-60-71(78)75(67-55-45-34-29-24-19-14-9-4)68-56-46-35-30-25-20-15-10-5/h6-68H2,1-5H3,(H,72,76). The van der Waals surface area contributed by atoms with Gasteiger partial charge < -0.3 is 20.0 Å². The van der Waals surface area contributed by atoms with Gasteiger partial charge in [-0.3, -0.25) is 14.4 Å². The monoisotopic (exact) mass is 1100 g/mol. The lowest BCUT2D eigenvalue weighted by Gasteiger charge is -2.23.